The molecule has 0 saturated heterocycles. The lowest BCUT2D eigenvalue weighted by molar-refractivity contribution is -0.148. The molecule has 0 radical (unpaired) electrons. The van der Waals surface area contributed by atoms with E-state index in [9.17, 15) is 19.2 Å². The van der Waals surface area contributed by atoms with Crippen LogP contribution < -0.4 is 9.47 Å². The van der Waals surface area contributed by atoms with Gasteiger partial charge in [0, 0.05) is 0 Å². The third kappa shape index (κ3) is 11.5. The highest BCUT2D eigenvalue weighted by Gasteiger charge is 2.22. The van der Waals surface area contributed by atoms with Crippen LogP contribution in [0.4, 0.5) is 0 Å². The van der Waals surface area contributed by atoms with Gasteiger partial charge in [0.1, 0.15) is 22.6 Å². The number of benzene rings is 2. The number of hydrogen-bond donors (Lipinski definition) is 0. The zero-order valence-electron chi connectivity index (χ0n) is 24.5. The number of esters is 4. The summed E-state index contributed by atoms with van der Waals surface area (Å²) in [5.41, 5.74) is 0.922. The first-order chi connectivity index (χ1) is 20.3. The van der Waals surface area contributed by atoms with E-state index in [1.165, 1.54) is 12.2 Å². The molecule has 0 aromatic heterocycles. The van der Waals surface area contributed by atoms with Crippen LogP contribution >= 0.6 is 0 Å². The highest BCUT2D eigenvalue weighted by Crippen LogP contribution is 2.18. The second kappa shape index (κ2) is 18.7. The van der Waals surface area contributed by atoms with Crippen molar-refractivity contribution >= 4 is 36.0 Å². The maximum atomic E-state index is 12.1. The van der Waals surface area contributed by atoms with Crippen molar-refractivity contribution in [2.75, 3.05) is 39.6 Å². The highest BCUT2D eigenvalue weighted by atomic mass is 16.6. The van der Waals surface area contributed by atoms with Gasteiger partial charge in [-0.25, -0.2) is 19.2 Å². The molecule has 2 rings (SSSR count). The topological polar surface area (TPSA) is 124 Å². The Morgan fingerprint density at radius 1 is 0.500 bits per heavy atom. The van der Waals surface area contributed by atoms with E-state index in [0.717, 1.165) is 12.8 Å². The van der Waals surface area contributed by atoms with Crippen molar-refractivity contribution in [2.24, 2.45) is 0 Å². The lowest BCUT2D eigenvalue weighted by Gasteiger charge is -2.09. The van der Waals surface area contributed by atoms with Gasteiger partial charge in [-0.05, 0) is 88.1 Å². The molecule has 2 aromatic carbocycles. The average Bonchev–Trinajstić information content (AvgIpc) is 2.98. The monoisotopic (exact) mass is 582 g/mol. The number of carbonyl (C=O) groups excluding carboxylic acids is 4. The van der Waals surface area contributed by atoms with E-state index in [1.54, 1.807) is 76.2 Å². The van der Waals surface area contributed by atoms with Crippen LogP contribution in [0.15, 0.2) is 59.7 Å². The van der Waals surface area contributed by atoms with E-state index < -0.39 is 23.9 Å². The van der Waals surface area contributed by atoms with E-state index in [1.807, 2.05) is 0 Å². The minimum absolute atomic E-state index is 0.148. The molecule has 0 saturated carbocycles. The third-order valence-electron chi connectivity index (χ3n) is 5.44. The van der Waals surface area contributed by atoms with Crippen molar-refractivity contribution in [3.8, 4) is 11.5 Å². The first-order valence-corrected chi connectivity index (χ1v) is 13.9. The second-order valence-electron chi connectivity index (χ2n) is 8.54. The first kappa shape index (κ1) is 33.6. The summed E-state index contributed by atoms with van der Waals surface area (Å²) in [6, 6.07) is 13.9. The Balaban J connectivity index is 1.82. The SMILES string of the molecule is CCOC(=O)C(=Cc1ccc(OCCCCOc2ccc(C=C(C(=O)OCC)C(=O)OCC)cc2)cc1)C(=O)OCC. The average molecular weight is 583 g/mol. The number of carbonyl (C=O) groups is 4. The number of unbranched alkanes of at least 4 members (excludes halogenated alkanes) is 1. The molecule has 0 aliphatic heterocycles. The Labute approximate surface area is 246 Å². The van der Waals surface area contributed by atoms with E-state index in [0.29, 0.717) is 35.8 Å². The number of ether oxygens (including phenoxy) is 6. The molecule has 0 spiro atoms. The molecule has 10 nitrogen and oxygen atoms in total. The summed E-state index contributed by atoms with van der Waals surface area (Å²) in [7, 11) is 0. The fourth-order valence-electron chi connectivity index (χ4n) is 3.48. The Kier molecular flexibility index (Phi) is 15.0. The van der Waals surface area contributed by atoms with Gasteiger partial charge < -0.3 is 28.4 Å². The molecule has 0 fully saturated rings. The zero-order valence-corrected chi connectivity index (χ0v) is 24.5. The van der Waals surface area contributed by atoms with Crippen molar-refractivity contribution in [1.29, 1.82) is 0 Å². The fraction of sp³-hybridized carbons (Fsp3) is 0.375. The predicted octanol–water partition coefficient (Wildman–Crippen LogP) is 4.94. The molecule has 2 aromatic rings. The fourth-order valence-corrected chi connectivity index (χ4v) is 3.48. The van der Waals surface area contributed by atoms with Crippen molar-refractivity contribution in [2.45, 2.75) is 40.5 Å². The Bertz CT molecular complexity index is 1090. The molecule has 0 atom stereocenters. The van der Waals surface area contributed by atoms with Gasteiger partial charge in [0.2, 0.25) is 0 Å². The quantitative estimate of drug-likeness (QED) is 0.0632. The van der Waals surface area contributed by atoms with Crippen LogP contribution in [0.2, 0.25) is 0 Å². The lowest BCUT2D eigenvalue weighted by atomic mass is 10.1. The third-order valence-corrected chi connectivity index (χ3v) is 5.44. The molecule has 0 unspecified atom stereocenters. The van der Waals surface area contributed by atoms with Crippen LogP contribution in [0.5, 0.6) is 11.5 Å². The van der Waals surface area contributed by atoms with Crippen molar-refractivity contribution in [1.82, 2.24) is 0 Å². The van der Waals surface area contributed by atoms with Gasteiger partial charge in [0.05, 0.1) is 39.6 Å². The molecule has 0 aliphatic rings. The molecule has 42 heavy (non-hydrogen) atoms. The summed E-state index contributed by atoms with van der Waals surface area (Å²) < 4.78 is 31.4. The van der Waals surface area contributed by atoms with Gasteiger partial charge in [-0.2, -0.15) is 0 Å². The number of hydrogen-bond acceptors (Lipinski definition) is 10. The highest BCUT2D eigenvalue weighted by molar-refractivity contribution is 6.18. The van der Waals surface area contributed by atoms with E-state index in [4.69, 9.17) is 28.4 Å². The summed E-state index contributed by atoms with van der Waals surface area (Å²) in [5.74, 6) is -1.63. The Morgan fingerprint density at radius 2 is 0.786 bits per heavy atom. The maximum Gasteiger partial charge on any atom is 0.345 e. The smallest absolute Gasteiger partial charge is 0.345 e. The summed E-state index contributed by atoms with van der Waals surface area (Å²) in [6.45, 7) is 8.20. The van der Waals surface area contributed by atoms with Gasteiger partial charge in [-0.15, -0.1) is 0 Å². The normalized spacial score (nSPS) is 10.1. The summed E-state index contributed by atoms with van der Waals surface area (Å²) in [4.78, 5) is 48.5. The van der Waals surface area contributed by atoms with Crippen molar-refractivity contribution in [3.05, 3.63) is 70.8 Å². The van der Waals surface area contributed by atoms with Gasteiger partial charge >= 0.3 is 23.9 Å². The molecule has 0 N–H and O–H groups in total. The number of rotatable bonds is 17. The van der Waals surface area contributed by atoms with Crippen molar-refractivity contribution in [3.63, 3.8) is 0 Å². The van der Waals surface area contributed by atoms with Crippen LogP contribution in [-0.2, 0) is 38.1 Å². The van der Waals surface area contributed by atoms with Crippen LogP contribution in [-0.4, -0.2) is 63.5 Å². The van der Waals surface area contributed by atoms with Gasteiger partial charge in [-0.1, -0.05) is 24.3 Å². The predicted molar refractivity (Wildman–Crippen MR) is 156 cm³/mol. The summed E-state index contributed by atoms with van der Waals surface area (Å²) >= 11 is 0. The van der Waals surface area contributed by atoms with E-state index >= 15 is 0 Å². The van der Waals surface area contributed by atoms with E-state index in [2.05, 4.69) is 0 Å². The first-order valence-electron chi connectivity index (χ1n) is 13.9. The molecule has 10 heteroatoms. The molecular weight excluding hydrogens is 544 g/mol. The van der Waals surface area contributed by atoms with Gasteiger partial charge in [0.15, 0.2) is 0 Å². The molecular formula is C32H38O10. The molecule has 0 bridgehead atoms. The minimum atomic E-state index is -0.733. The molecule has 0 aliphatic carbocycles. The van der Waals surface area contributed by atoms with Crippen LogP contribution in [0.3, 0.4) is 0 Å². The molecule has 226 valence electrons. The minimum Gasteiger partial charge on any atom is -0.494 e. The standard InChI is InChI=1S/C32H38O10/c1-5-37-29(33)27(30(34)38-6-2)21-23-11-15-25(16-12-23)41-19-9-10-20-42-26-17-13-24(14-18-26)22-28(31(35)39-7-3)32(36)40-8-4/h11-18,21-22H,5-10,19-20H2,1-4H3. The zero-order chi connectivity index (χ0) is 30.7. The summed E-state index contributed by atoms with van der Waals surface area (Å²) in [5, 5.41) is 0. The lowest BCUT2D eigenvalue weighted by Crippen LogP contribution is -2.18. The summed E-state index contributed by atoms with van der Waals surface area (Å²) in [6.07, 6.45) is 4.36. The Hall–Kier alpha value is -4.60. The van der Waals surface area contributed by atoms with Crippen LogP contribution in [0, 0.1) is 0 Å². The molecule has 0 amide bonds. The molecule has 0 heterocycles. The van der Waals surface area contributed by atoms with Crippen LogP contribution in [0.1, 0.15) is 51.7 Å². The van der Waals surface area contributed by atoms with E-state index in [-0.39, 0.29) is 37.6 Å². The van der Waals surface area contributed by atoms with Crippen molar-refractivity contribution < 1.29 is 47.6 Å². The van der Waals surface area contributed by atoms with Gasteiger partial charge in [0.25, 0.3) is 0 Å². The maximum absolute atomic E-state index is 12.1. The van der Waals surface area contributed by atoms with Gasteiger partial charge in [-0.3, -0.25) is 0 Å². The Morgan fingerprint density at radius 3 is 1.05 bits per heavy atom. The second-order valence-corrected chi connectivity index (χ2v) is 8.54. The largest absolute Gasteiger partial charge is 0.494 e. The van der Waals surface area contributed by atoms with Crippen LogP contribution in [0.25, 0.3) is 12.2 Å².